The van der Waals surface area contributed by atoms with Gasteiger partial charge in [-0.15, -0.1) is 0 Å². The number of pyridine rings is 1. The summed E-state index contributed by atoms with van der Waals surface area (Å²) in [5.41, 5.74) is 3.40. The van der Waals surface area contributed by atoms with Gasteiger partial charge in [0.2, 0.25) is 0 Å². The molecule has 3 aromatic rings. The van der Waals surface area contributed by atoms with E-state index < -0.39 is 0 Å². The van der Waals surface area contributed by atoms with Crippen molar-refractivity contribution in [3.05, 3.63) is 64.0 Å². The van der Waals surface area contributed by atoms with Crippen LogP contribution in [0, 0.1) is 6.92 Å². The number of aryl methyl sites for hydroxylation is 1. The summed E-state index contributed by atoms with van der Waals surface area (Å²) in [4.78, 5) is 16.8. The van der Waals surface area contributed by atoms with Gasteiger partial charge in [0, 0.05) is 28.1 Å². The third-order valence-electron chi connectivity index (χ3n) is 2.99. The van der Waals surface area contributed by atoms with E-state index in [0.717, 1.165) is 27.6 Å². The Kier molecular flexibility index (Phi) is 2.68. The topological polar surface area (TPSA) is 30.0 Å². The molecule has 88 valence electrons. The normalized spacial score (nSPS) is 10.7. The van der Waals surface area contributed by atoms with Gasteiger partial charge in [0.1, 0.15) is 0 Å². The van der Waals surface area contributed by atoms with Gasteiger partial charge in [-0.1, -0.05) is 18.2 Å². The Balaban J connectivity index is 2.21. The number of nitrogens with zero attached hydrogens (tertiary/aromatic N) is 1. The lowest BCUT2D eigenvalue weighted by Gasteiger charge is -2.04. The summed E-state index contributed by atoms with van der Waals surface area (Å²) in [5, 5.41) is 4.82. The van der Waals surface area contributed by atoms with E-state index in [9.17, 15) is 4.79 Å². The number of hydrogen-bond donors (Lipinski definition) is 0. The third-order valence-corrected chi connectivity index (χ3v) is 3.85. The van der Waals surface area contributed by atoms with Crippen molar-refractivity contribution in [2.75, 3.05) is 0 Å². The van der Waals surface area contributed by atoms with Gasteiger partial charge in [0.15, 0.2) is 5.78 Å². The number of benzene rings is 1. The lowest BCUT2D eigenvalue weighted by molar-refractivity contribution is 0.104. The van der Waals surface area contributed by atoms with Crippen molar-refractivity contribution >= 4 is 28.0 Å². The molecule has 0 fully saturated rings. The number of rotatable bonds is 2. The number of thiophene rings is 1. The van der Waals surface area contributed by atoms with Crippen LogP contribution in [0.1, 0.15) is 21.5 Å². The maximum atomic E-state index is 12.5. The molecular formula is C15H11NOS. The predicted octanol–water partition coefficient (Wildman–Crippen LogP) is 3.84. The van der Waals surface area contributed by atoms with Crippen LogP contribution in [0.15, 0.2) is 47.3 Å². The van der Waals surface area contributed by atoms with Crippen LogP contribution >= 0.6 is 11.3 Å². The van der Waals surface area contributed by atoms with Crippen molar-refractivity contribution < 1.29 is 4.79 Å². The lowest BCUT2D eigenvalue weighted by Crippen LogP contribution is -2.02. The Hall–Kier alpha value is -2.00. The first-order chi connectivity index (χ1) is 8.77. The molecule has 0 saturated heterocycles. The molecule has 0 atom stereocenters. The molecule has 2 heterocycles. The summed E-state index contributed by atoms with van der Waals surface area (Å²) < 4.78 is 0. The van der Waals surface area contributed by atoms with Crippen molar-refractivity contribution in [3.63, 3.8) is 0 Å². The predicted molar refractivity (Wildman–Crippen MR) is 74.2 cm³/mol. The molecule has 0 N–H and O–H groups in total. The highest BCUT2D eigenvalue weighted by molar-refractivity contribution is 7.08. The molecule has 2 aromatic heterocycles. The minimum atomic E-state index is 0.0763. The zero-order valence-corrected chi connectivity index (χ0v) is 10.7. The SMILES string of the molecule is Cc1cscc1C(=O)c1cccc2ncccc12. The molecular weight excluding hydrogens is 242 g/mol. The van der Waals surface area contributed by atoms with Crippen LogP contribution in [0.5, 0.6) is 0 Å². The van der Waals surface area contributed by atoms with E-state index in [1.807, 2.05) is 48.0 Å². The number of carbonyl (C=O) groups excluding carboxylic acids is 1. The van der Waals surface area contributed by atoms with E-state index in [1.54, 1.807) is 17.5 Å². The molecule has 0 aliphatic heterocycles. The zero-order chi connectivity index (χ0) is 12.5. The maximum Gasteiger partial charge on any atom is 0.194 e. The monoisotopic (exact) mass is 253 g/mol. The largest absolute Gasteiger partial charge is 0.289 e. The standard InChI is InChI=1S/C15H11NOS/c1-10-8-18-9-13(10)15(17)12-4-2-6-14-11(12)5-3-7-16-14/h2-9H,1H3. The van der Waals surface area contributed by atoms with Gasteiger partial charge in [-0.25, -0.2) is 0 Å². The molecule has 18 heavy (non-hydrogen) atoms. The van der Waals surface area contributed by atoms with Crippen LogP contribution in [0.25, 0.3) is 10.9 Å². The summed E-state index contributed by atoms with van der Waals surface area (Å²) in [7, 11) is 0. The highest BCUT2D eigenvalue weighted by Crippen LogP contribution is 2.23. The van der Waals surface area contributed by atoms with Gasteiger partial charge in [-0.3, -0.25) is 9.78 Å². The third kappa shape index (κ3) is 1.73. The second-order valence-corrected chi connectivity index (χ2v) is 4.92. The Morgan fingerprint density at radius 3 is 2.78 bits per heavy atom. The van der Waals surface area contributed by atoms with E-state index in [0.29, 0.717) is 0 Å². The summed E-state index contributed by atoms with van der Waals surface area (Å²) in [6.07, 6.45) is 1.74. The molecule has 0 spiro atoms. The van der Waals surface area contributed by atoms with E-state index in [-0.39, 0.29) is 5.78 Å². The second-order valence-electron chi connectivity index (χ2n) is 4.17. The Morgan fingerprint density at radius 2 is 2.00 bits per heavy atom. The fourth-order valence-corrected chi connectivity index (χ4v) is 2.87. The maximum absolute atomic E-state index is 12.5. The van der Waals surface area contributed by atoms with E-state index in [2.05, 4.69) is 4.98 Å². The average Bonchev–Trinajstić information content (AvgIpc) is 2.83. The average molecular weight is 253 g/mol. The molecule has 2 nitrogen and oxygen atoms in total. The smallest absolute Gasteiger partial charge is 0.194 e. The van der Waals surface area contributed by atoms with Crippen molar-refractivity contribution in [2.45, 2.75) is 6.92 Å². The van der Waals surface area contributed by atoms with Gasteiger partial charge >= 0.3 is 0 Å². The number of aromatic nitrogens is 1. The molecule has 3 rings (SSSR count). The Labute approximate surface area is 109 Å². The van der Waals surface area contributed by atoms with Crippen LogP contribution in [-0.2, 0) is 0 Å². The lowest BCUT2D eigenvalue weighted by atomic mass is 9.99. The molecule has 0 unspecified atom stereocenters. The summed E-state index contributed by atoms with van der Waals surface area (Å²) in [6, 6.07) is 9.47. The first kappa shape index (κ1) is 11.1. The highest BCUT2D eigenvalue weighted by Gasteiger charge is 2.15. The van der Waals surface area contributed by atoms with E-state index >= 15 is 0 Å². The van der Waals surface area contributed by atoms with Crippen LogP contribution in [0.3, 0.4) is 0 Å². The van der Waals surface area contributed by atoms with Crippen molar-refractivity contribution in [1.82, 2.24) is 4.98 Å². The van der Waals surface area contributed by atoms with Crippen molar-refractivity contribution in [1.29, 1.82) is 0 Å². The van der Waals surface area contributed by atoms with Gasteiger partial charge in [0.05, 0.1) is 5.52 Å². The summed E-state index contributed by atoms with van der Waals surface area (Å²) in [6.45, 7) is 1.97. The minimum absolute atomic E-state index is 0.0763. The molecule has 0 aliphatic carbocycles. The number of carbonyl (C=O) groups is 1. The molecule has 1 aromatic carbocycles. The van der Waals surface area contributed by atoms with Crippen LogP contribution in [0.4, 0.5) is 0 Å². The fraction of sp³-hybridized carbons (Fsp3) is 0.0667. The number of hydrogen-bond acceptors (Lipinski definition) is 3. The number of fused-ring (bicyclic) bond motifs is 1. The molecule has 0 bridgehead atoms. The molecule has 0 aliphatic rings. The van der Waals surface area contributed by atoms with E-state index in [1.165, 1.54) is 0 Å². The fourth-order valence-electron chi connectivity index (χ4n) is 2.04. The van der Waals surface area contributed by atoms with Crippen LogP contribution in [-0.4, -0.2) is 10.8 Å². The van der Waals surface area contributed by atoms with Crippen LogP contribution < -0.4 is 0 Å². The van der Waals surface area contributed by atoms with Crippen LogP contribution in [0.2, 0.25) is 0 Å². The summed E-state index contributed by atoms with van der Waals surface area (Å²) >= 11 is 1.56. The molecule has 3 heteroatoms. The Bertz CT molecular complexity index is 725. The van der Waals surface area contributed by atoms with Crippen molar-refractivity contribution in [2.24, 2.45) is 0 Å². The molecule has 0 amide bonds. The summed E-state index contributed by atoms with van der Waals surface area (Å²) in [5.74, 6) is 0.0763. The van der Waals surface area contributed by atoms with Gasteiger partial charge in [-0.2, -0.15) is 11.3 Å². The van der Waals surface area contributed by atoms with Gasteiger partial charge < -0.3 is 0 Å². The first-order valence-electron chi connectivity index (χ1n) is 5.68. The zero-order valence-electron chi connectivity index (χ0n) is 9.88. The van der Waals surface area contributed by atoms with Gasteiger partial charge in [0.25, 0.3) is 0 Å². The quantitative estimate of drug-likeness (QED) is 0.649. The van der Waals surface area contributed by atoms with Gasteiger partial charge in [-0.05, 0) is 30.0 Å². The minimum Gasteiger partial charge on any atom is -0.289 e. The highest BCUT2D eigenvalue weighted by atomic mass is 32.1. The first-order valence-corrected chi connectivity index (χ1v) is 6.63. The second kappa shape index (κ2) is 4.35. The van der Waals surface area contributed by atoms with Crippen molar-refractivity contribution in [3.8, 4) is 0 Å². The Morgan fingerprint density at radius 1 is 1.11 bits per heavy atom. The molecule has 0 radical (unpaired) electrons. The molecule has 0 saturated carbocycles. The number of ketones is 1. The van der Waals surface area contributed by atoms with E-state index in [4.69, 9.17) is 0 Å².